The number of carbonyl (C=O) groups is 1. The van der Waals surface area contributed by atoms with Crippen molar-refractivity contribution in [3.05, 3.63) is 24.3 Å². The SMILES string of the molecule is CC(C)(C)OC(=O)NCC1=NOC(COc2ccccc2B2OC(C)(C)C(C)(C)O2)C1. The second kappa shape index (κ2) is 8.71. The van der Waals surface area contributed by atoms with E-state index in [1.54, 1.807) is 0 Å². The van der Waals surface area contributed by atoms with Crippen LogP contribution in [0, 0.1) is 0 Å². The quantitative estimate of drug-likeness (QED) is 0.696. The van der Waals surface area contributed by atoms with E-state index in [1.165, 1.54) is 0 Å². The van der Waals surface area contributed by atoms with Crippen molar-refractivity contribution in [3.8, 4) is 5.75 Å². The zero-order valence-electron chi connectivity index (χ0n) is 19.5. The van der Waals surface area contributed by atoms with Crippen LogP contribution in [0.25, 0.3) is 0 Å². The van der Waals surface area contributed by atoms with Crippen LogP contribution in [0.4, 0.5) is 4.79 Å². The largest absolute Gasteiger partial charge is 0.498 e. The fraction of sp³-hybridized carbons (Fsp3) is 0.636. The highest BCUT2D eigenvalue weighted by Gasteiger charge is 2.52. The molecule has 0 radical (unpaired) electrons. The van der Waals surface area contributed by atoms with E-state index in [-0.39, 0.29) is 12.6 Å². The number of hydrogen-bond acceptors (Lipinski definition) is 7. The van der Waals surface area contributed by atoms with Crippen molar-refractivity contribution < 1.29 is 28.4 Å². The van der Waals surface area contributed by atoms with Gasteiger partial charge in [0.1, 0.15) is 18.0 Å². The minimum absolute atomic E-state index is 0.234. The summed E-state index contributed by atoms with van der Waals surface area (Å²) in [6.07, 6.45) is -0.151. The fourth-order valence-corrected chi connectivity index (χ4v) is 3.13. The first kappa shape index (κ1) is 23.4. The molecule has 8 nitrogen and oxygen atoms in total. The molecule has 0 spiro atoms. The summed E-state index contributed by atoms with van der Waals surface area (Å²) in [5, 5.41) is 6.74. The van der Waals surface area contributed by atoms with Gasteiger partial charge in [0.25, 0.3) is 0 Å². The van der Waals surface area contributed by atoms with Crippen molar-refractivity contribution in [2.45, 2.75) is 77.8 Å². The van der Waals surface area contributed by atoms with E-state index in [1.807, 2.05) is 72.7 Å². The van der Waals surface area contributed by atoms with Crippen LogP contribution in [0.2, 0.25) is 0 Å². The number of para-hydroxylation sites is 1. The van der Waals surface area contributed by atoms with Crippen LogP contribution in [-0.4, -0.2) is 55.0 Å². The third kappa shape index (κ3) is 5.92. The van der Waals surface area contributed by atoms with E-state index in [0.717, 1.165) is 11.2 Å². The second-order valence-electron chi connectivity index (χ2n) is 9.88. The highest BCUT2D eigenvalue weighted by Crippen LogP contribution is 2.37. The molecule has 31 heavy (non-hydrogen) atoms. The van der Waals surface area contributed by atoms with Crippen molar-refractivity contribution in [1.29, 1.82) is 0 Å². The van der Waals surface area contributed by atoms with Crippen molar-refractivity contribution in [2.24, 2.45) is 5.16 Å². The Labute approximate surface area is 184 Å². The van der Waals surface area contributed by atoms with Gasteiger partial charge < -0.3 is 28.9 Å². The van der Waals surface area contributed by atoms with Crippen LogP contribution in [-0.2, 0) is 18.9 Å². The van der Waals surface area contributed by atoms with Gasteiger partial charge in [0.05, 0.1) is 23.5 Å². The van der Waals surface area contributed by atoms with Crippen molar-refractivity contribution >= 4 is 24.4 Å². The number of nitrogens with zero attached hydrogens (tertiary/aromatic N) is 1. The summed E-state index contributed by atoms with van der Waals surface area (Å²) < 4.78 is 23.6. The van der Waals surface area contributed by atoms with E-state index in [2.05, 4.69) is 10.5 Å². The molecule has 9 heteroatoms. The fourth-order valence-electron chi connectivity index (χ4n) is 3.13. The van der Waals surface area contributed by atoms with E-state index < -0.39 is 30.0 Å². The maximum absolute atomic E-state index is 11.8. The lowest BCUT2D eigenvalue weighted by molar-refractivity contribution is 0.00578. The molecule has 0 aromatic heterocycles. The topological polar surface area (TPSA) is 87.6 Å². The first-order valence-corrected chi connectivity index (χ1v) is 10.6. The number of oxime groups is 1. The average molecular weight is 432 g/mol. The molecule has 0 aliphatic carbocycles. The minimum atomic E-state index is -0.543. The minimum Gasteiger partial charge on any atom is -0.490 e. The molecule has 0 bridgehead atoms. The summed E-state index contributed by atoms with van der Waals surface area (Å²) >= 11 is 0. The van der Waals surface area contributed by atoms with Gasteiger partial charge in [-0.3, -0.25) is 0 Å². The van der Waals surface area contributed by atoms with Crippen molar-refractivity contribution in [1.82, 2.24) is 5.32 Å². The van der Waals surface area contributed by atoms with Gasteiger partial charge in [0.2, 0.25) is 0 Å². The summed E-state index contributed by atoms with van der Waals surface area (Å²) in [6, 6.07) is 7.68. The Hall–Kier alpha value is -2.26. The molecule has 1 N–H and O–H groups in total. The maximum atomic E-state index is 11.8. The molecule has 1 aromatic carbocycles. The molecule has 1 amide bonds. The number of rotatable bonds is 6. The zero-order chi connectivity index (χ0) is 22.9. The molecule has 1 unspecified atom stereocenters. The Balaban J connectivity index is 1.51. The molecular formula is C22H33BN2O6. The normalized spacial score (nSPS) is 22.0. The molecule has 2 heterocycles. The molecule has 2 aliphatic rings. The Morgan fingerprint density at radius 2 is 1.84 bits per heavy atom. The van der Waals surface area contributed by atoms with Gasteiger partial charge in [0, 0.05) is 11.9 Å². The first-order valence-electron chi connectivity index (χ1n) is 10.6. The predicted octanol–water partition coefficient (Wildman–Crippen LogP) is 3.03. The Kier molecular flexibility index (Phi) is 6.57. The Bertz CT molecular complexity index is 818. The van der Waals surface area contributed by atoms with Crippen LogP contribution in [0.1, 0.15) is 54.9 Å². The lowest BCUT2D eigenvalue weighted by atomic mass is 9.78. The van der Waals surface area contributed by atoms with Crippen LogP contribution >= 0.6 is 0 Å². The highest BCUT2D eigenvalue weighted by molar-refractivity contribution is 6.63. The first-order chi connectivity index (χ1) is 14.4. The summed E-state index contributed by atoms with van der Waals surface area (Å²) in [5.74, 6) is 0.685. The number of alkyl carbamates (subject to hydrolysis) is 1. The number of ether oxygens (including phenoxy) is 2. The average Bonchev–Trinajstić information content (AvgIpc) is 3.18. The zero-order valence-corrected chi connectivity index (χ0v) is 19.5. The van der Waals surface area contributed by atoms with Crippen LogP contribution in [0.5, 0.6) is 5.75 Å². The van der Waals surface area contributed by atoms with Gasteiger partial charge in [-0.25, -0.2) is 4.79 Å². The molecule has 3 rings (SSSR count). The van der Waals surface area contributed by atoms with Gasteiger partial charge >= 0.3 is 13.2 Å². The van der Waals surface area contributed by atoms with Crippen LogP contribution in [0.3, 0.4) is 0 Å². The van der Waals surface area contributed by atoms with Gasteiger partial charge in [0.15, 0.2) is 6.10 Å². The molecular weight excluding hydrogens is 399 g/mol. The molecule has 1 saturated heterocycles. The van der Waals surface area contributed by atoms with E-state index in [0.29, 0.717) is 18.8 Å². The van der Waals surface area contributed by atoms with Crippen LogP contribution in [0.15, 0.2) is 29.4 Å². The monoisotopic (exact) mass is 432 g/mol. The summed E-state index contributed by atoms with van der Waals surface area (Å²) in [4.78, 5) is 17.2. The van der Waals surface area contributed by atoms with Gasteiger partial charge in [-0.2, -0.15) is 0 Å². The van der Waals surface area contributed by atoms with Crippen LogP contribution < -0.4 is 15.5 Å². The number of amides is 1. The third-order valence-corrected chi connectivity index (χ3v) is 5.48. The predicted molar refractivity (Wildman–Crippen MR) is 119 cm³/mol. The molecule has 170 valence electrons. The third-order valence-electron chi connectivity index (χ3n) is 5.48. The van der Waals surface area contributed by atoms with Gasteiger partial charge in [-0.05, 0) is 54.5 Å². The molecule has 1 aromatic rings. The molecule has 1 atom stereocenters. The van der Waals surface area contributed by atoms with E-state index >= 15 is 0 Å². The summed E-state index contributed by atoms with van der Waals surface area (Å²) in [6.45, 7) is 14.1. The van der Waals surface area contributed by atoms with Crippen molar-refractivity contribution in [3.63, 3.8) is 0 Å². The van der Waals surface area contributed by atoms with Gasteiger partial charge in [-0.1, -0.05) is 23.4 Å². The molecule has 2 aliphatic heterocycles. The summed E-state index contributed by atoms with van der Waals surface area (Å²) in [7, 11) is -0.504. The molecule has 1 fully saturated rings. The van der Waals surface area contributed by atoms with Gasteiger partial charge in [-0.15, -0.1) is 0 Å². The van der Waals surface area contributed by atoms with Crippen molar-refractivity contribution in [2.75, 3.05) is 13.2 Å². The number of nitrogens with one attached hydrogen (secondary N) is 1. The standard InChI is InChI=1S/C22H33BN2O6/c1-20(2,3)28-19(26)24-13-15-12-16(29-25-15)14-27-18-11-9-8-10-17(18)23-30-21(4,5)22(6,7)31-23/h8-11,16H,12-14H2,1-7H3,(H,24,26). The lowest BCUT2D eigenvalue weighted by Crippen LogP contribution is -2.41. The number of benzene rings is 1. The Morgan fingerprint density at radius 3 is 2.48 bits per heavy atom. The number of hydrogen-bond donors (Lipinski definition) is 1. The second-order valence-corrected chi connectivity index (χ2v) is 9.88. The smallest absolute Gasteiger partial charge is 0.490 e. The van der Waals surface area contributed by atoms with E-state index in [9.17, 15) is 4.79 Å². The summed E-state index contributed by atoms with van der Waals surface area (Å²) in [5.41, 5.74) is 0.177. The van der Waals surface area contributed by atoms with E-state index in [4.69, 9.17) is 23.6 Å². The maximum Gasteiger partial charge on any atom is 0.498 e. The lowest BCUT2D eigenvalue weighted by Gasteiger charge is -2.32. The Morgan fingerprint density at radius 1 is 1.19 bits per heavy atom. The highest BCUT2D eigenvalue weighted by atomic mass is 16.7. The molecule has 0 saturated carbocycles. The number of carbonyl (C=O) groups excluding carboxylic acids is 1.